The molecule has 0 radical (unpaired) electrons. The number of guanidine groups is 1. The fourth-order valence-electron chi connectivity index (χ4n) is 4.00. The van der Waals surface area contributed by atoms with E-state index in [4.69, 9.17) is 4.99 Å². The van der Waals surface area contributed by atoms with Crippen LogP contribution in [0.25, 0.3) is 0 Å². The van der Waals surface area contributed by atoms with Crippen LogP contribution in [0.2, 0.25) is 0 Å². The van der Waals surface area contributed by atoms with E-state index in [1.165, 1.54) is 50.5 Å². The van der Waals surface area contributed by atoms with Gasteiger partial charge in [-0.3, -0.25) is 0 Å². The second kappa shape index (κ2) is 12.8. The van der Waals surface area contributed by atoms with Crippen molar-refractivity contribution in [3.8, 4) is 0 Å². The Bertz CT molecular complexity index is 604. The van der Waals surface area contributed by atoms with Crippen LogP contribution in [0.1, 0.15) is 57.4 Å². The van der Waals surface area contributed by atoms with Gasteiger partial charge in [0.2, 0.25) is 0 Å². The van der Waals surface area contributed by atoms with Crippen LogP contribution in [-0.4, -0.2) is 48.1 Å². The molecule has 0 bridgehead atoms. The lowest BCUT2D eigenvalue weighted by molar-refractivity contribution is 0.615. The minimum atomic E-state index is 0. The van der Waals surface area contributed by atoms with Gasteiger partial charge < -0.3 is 15.5 Å². The van der Waals surface area contributed by atoms with Crippen LogP contribution < -0.4 is 15.5 Å². The molecule has 2 aliphatic rings. The van der Waals surface area contributed by atoms with Gasteiger partial charge in [0.05, 0.1) is 6.54 Å². The van der Waals surface area contributed by atoms with Gasteiger partial charge in [0.15, 0.2) is 5.96 Å². The van der Waals surface area contributed by atoms with Gasteiger partial charge in [-0.05, 0) is 63.0 Å². The van der Waals surface area contributed by atoms with Crippen molar-refractivity contribution < 1.29 is 0 Å². The van der Waals surface area contributed by atoms with Gasteiger partial charge in [-0.2, -0.15) is 11.8 Å². The number of rotatable bonds is 6. The molecule has 0 spiro atoms. The van der Waals surface area contributed by atoms with E-state index in [2.05, 4.69) is 45.8 Å². The maximum absolute atomic E-state index is 4.84. The summed E-state index contributed by atoms with van der Waals surface area (Å²) in [5.74, 6) is 2.05. The Morgan fingerprint density at radius 3 is 2.71 bits per heavy atom. The second-order valence-electron chi connectivity index (χ2n) is 7.63. The summed E-state index contributed by atoms with van der Waals surface area (Å²) < 4.78 is 0. The molecule has 1 saturated heterocycles. The Morgan fingerprint density at radius 1 is 1.25 bits per heavy atom. The van der Waals surface area contributed by atoms with Gasteiger partial charge in [0, 0.05) is 37.1 Å². The standard InChI is InChI=1S/C21H35N5S.HI/c1-3-22-21(25-18-8-9-19(15-18)27-2)24-16-17-10-11-23-20(14-17)26-12-6-4-5-7-13-26;/h10-11,14,18-19H,3-9,12-13,15-16H2,1-2H3,(H2,22,24,25);1H. The van der Waals surface area contributed by atoms with Crippen molar-refractivity contribution in [1.82, 2.24) is 15.6 Å². The molecule has 158 valence electrons. The molecule has 28 heavy (non-hydrogen) atoms. The summed E-state index contributed by atoms with van der Waals surface area (Å²) in [6.07, 6.45) is 13.2. The van der Waals surface area contributed by atoms with Gasteiger partial charge in [-0.25, -0.2) is 9.98 Å². The second-order valence-corrected chi connectivity index (χ2v) is 8.77. The number of halogens is 1. The average Bonchev–Trinajstić information content (AvgIpc) is 2.97. The highest BCUT2D eigenvalue weighted by Gasteiger charge is 2.24. The van der Waals surface area contributed by atoms with Gasteiger partial charge in [-0.1, -0.05) is 12.8 Å². The van der Waals surface area contributed by atoms with E-state index in [0.717, 1.165) is 36.7 Å². The number of pyridine rings is 1. The molecule has 0 aromatic carbocycles. The molecule has 2 atom stereocenters. The summed E-state index contributed by atoms with van der Waals surface area (Å²) in [6.45, 7) is 5.96. The summed E-state index contributed by atoms with van der Waals surface area (Å²) in [5.41, 5.74) is 1.23. The molecule has 3 rings (SSSR count). The first kappa shape index (κ1) is 23.6. The summed E-state index contributed by atoms with van der Waals surface area (Å²) in [6, 6.07) is 4.86. The van der Waals surface area contributed by atoms with Crippen LogP contribution >= 0.6 is 35.7 Å². The van der Waals surface area contributed by atoms with Crippen molar-refractivity contribution in [1.29, 1.82) is 0 Å². The largest absolute Gasteiger partial charge is 0.357 e. The highest BCUT2D eigenvalue weighted by molar-refractivity contribution is 14.0. The van der Waals surface area contributed by atoms with E-state index >= 15 is 0 Å². The maximum Gasteiger partial charge on any atom is 0.191 e. The molecule has 0 amide bonds. The lowest BCUT2D eigenvalue weighted by Gasteiger charge is -2.21. The van der Waals surface area contributed by atoms with E-state index in [1.54, 1.807) is 0 Å². The minimum Gasteiger partial charge on any atom is -0.357 e. The summed E-state index contributed by atoms with van der Waals surface area (Å²) >= 11 is 1.99. The van der Waals surface area contributed by atoms with E-state index in [1.807, 2.05) is 18.0 Å². The molecule has 2 N–H and O–H groups in total. The van der Waals surface area contributed by atoms with Gasteiger partial charge in [-0.15, -0.1) is 24.0 Å². The molecule has 1 saturated carbocycles. The first-order valence-corrected chi connectivity index (χ1v) is 11.8. The molecule has 1 aliphatic heterocycles. The van der Waals surface area contributed by atoms with E-state index in [9.17, 15) is 0 Å². The molecule has 1 aliphatic carbocycles. The van der Waals surface area contributed by atoms with E-state index in [0.29, 0.717) is 12.6 Å². The Hall–Kier alpha value is -0.700. The molecule has 7 heteroatoms. The van der Waals surface area contributed by atoms with Gasteiger partial charge >= 0.3 is 0 Å². The number of aliphatic imine (C=N–C) groups is 1. The van der Waals surface area contributed by atoms with Crippen LogP contribution in [0, 0.1) is 0 Å². The first-order chi connectivity index (χ1) is 13.3. The van der Waals surface area contributed by atoms with Crippen molar-refractivity contribution in [2.24, 2.45) is 4.99 Å². The van der Waals surface area contributed by atoms with Crippen LogP contribution in [0.5, 0.6) is 0 Å². The van der Waals surface area contributed by atoms with Crippen molar-refractivity contribution in [3.05, 3.63) is 23.9 Å². The highest BCUT2D eigenvalue weighted by atomic mass is 127. The Morgan fingerprint density at radius 2 is 2.04 bits per heavy atom. The van der Waals surface area contributed by atoms with E-state index < -0.39 is 0 Å². The third-order valence-electron chi connectivity index (χ3n) is 5.56. The number of nitrogens with one attached hydrogen (secondary N) is 2. The maximum atomic E-state index is 4.84. The summed E-state index contributed by atoms with van der Waals surface area (Å²) in [7, 11) is 0. The highest BCUT2D eigenvalue weighted by Crippen LogP contribution is 2.28. The third kappa shape index (κ3) is 7.28. The topological polar surface area (TPSA) is 52.6 Å². The van der Waals surface area contributed by atoms with E-state index in [-0.39, 0.29) is 24.0 Å². The number of hydrogen-bond acceptors (Lipinski definition) is 4. The van der Waals surface area contributed by atoms with Crippen LogP contribution in [0.3, 0.4) is 0 Å². The third-order valence-corrected chi connectivity index (χ3v) is 6.66. The summed E-state index contributed by atoms with van der Waals surface area (Å²) in [5, 5.41) is 7.84. The normalized spacial score (nSPS) is 23.1. The lowest BCUT2D eigenvalue weighted by atomic mass is 10.2. The molecule has 2 fully saturated rings. The van der Waals surface area contributed by atoms with Gasteiger partial charge in [0.25, 0.3) is 0 Å². The number of thioether (sulfide) groups is 1. The van der Waals surface area contributed by atoms with Crippen LogP contribution in [0.15, 0.2) is 23.3 Å². The smallest absolute Gasteiger partial charge is 0.191 e. The Kier molecular flexibility index (Phi) is 10.8. The molecule has 2 unspecified atom stereocenters. The number of nitrogens with zero attached hydrogens (tertiary/aromatic N) is 3. The Balaban J connectivity index is 0.00000280. The van der Waals surface area contributed by atoms with Gasteiger partial charge in [0.1, 0.15) is 5.82 Å². The zero-order valence-corrected chi connectivity index (χ0v) is 20.5. The van der Waals surface area contributed by atoms with Crippen molar-refractivity contribution in [2.75, 3.05) is 30.8 Å². The first-order valence-electron chi connectivity index (χ1n) is 10.6. The van der Waals surface area contributed by atoms with Crippen molar-refractivity contribution >= 4 is 47.5 Å². The zero-order valence-electron chi connectivity index (χ0n) is 17.3. The molecule has 5 nitrogen and oxygen atoms in total. The lowest BCUT2D eigenvalue weighted by Crippen LogP contribution is -2.42. The minimum absolute atomic E-state index is 0. The number of hydrogen-bond donors (Lipinski definition) is 2. The van der Waals surface area contributed by atoms with Crippen molar-refractivity contribution in [3.63, 3.8) is 0 Å². The number of aromatic nitrogens is 1. The van der Waals surface area contributed by atoms with Crippen LogP contribution in [0.4, 0.5) is 5.82 Å². The molecular formula is C21H36IN5S. The quantitative estimate of drug-likeness (QED) is 0.333. The van der Waals surface area contributed by atoms with Crippen LogP contribution in [-0.2, 0) is 6.54 Å². The zero-order chi connectivity index (χ0) is 18.9. The fourth-order valence-corrected chi connectivity index (χ4v) is 4.80. The molecule has 1 aromatic rings. The molecule has 2 heterocycles. The predicted octanol–water partition coefficient (Wildman–Crippen LogP) is 4.42. The molecule has 1 aromatic heterocycles. The average molecular weight is 518 g/mol. The monoisotopic (exact) mass is 517 g/mol. The molecular weight excluding hydrogens is 481 g/mol. The fraction of sp³-hybridized carbons (Fsp3) is 0.714. The van der Waals surface area contributed by atoms with Crippen molar-refractivity contribution in [2.45, 2.75) is 69.7 Å². The SMILES string of the molecule is CCNC(=NCc1ccnc(N2CCCCCC2)c1)NC1CCC(SC)C1.I. The summed E-state index contributed by atoms with van der Waals surface area (Å²) in [4.78, 5) is 11.9. The predicted molar refractivity (Wildman–Crippen MR) is 133 cm³/mol. The Labute approximate surface area is 192 Å². The number of anilines is 1.